The summed E-state index contributed by atoms with van der Waals surface area (Å²) in [4.78, 5) is 39.3. The topological polar surface area (TPSA) is 96.3 Å². The van der Waals surface area contributed by atoms with Gasteiger partial charge in [0.25, 0.3) is 11.8 Å². The van der Waals surface area contributed by atoms with Gasteiger partial charge in [-0.25, -0.2) is 0 Å². The largest absolute Gasteiger partial charge is 0.354 e. The van der Waals surface area contributed by atoms with Gasteiger partial charge in [0, 0.05) is 25.7 Å². The molecule has 8 heteroatoms. The van der Waals surface area contributed by atoms with Crippen molar-refractivity contribution in [2.24, 2.45) is 5.92 Å². The molecule has 0 aliphatic carbocycles. The zero-order valence-corrected chi connectivity index (χ0v) is 17.1. The minimum absolute atomic E-state index is 0.0200. The standard InChI is InChI=1S/C19H31N5O3/c1-7-13(4)21-16(25)14-10-15-17(26)23(6)19(5,11-24(15)22-14)18(27)20-9-8-12(2)3/h10,12-13H,7-9,11H2,1-6H3,(H,20,27)(H,21,25)/t13-,19+/m0/s1. The van der Waals surface area contributed by atoms with Gasteiger partial charge in [0.1, 0.15) is 11.2 Å². The lowest BCUT2D eigenvalue weighted by Gasteiger charge is -2.40. The summed E-state index contributed by atoms with van der Waals surface area (Å²) >= 11 is 0. The van der Waals surface area contributed by atoms with Gasteiger partial charge in [-0.3, -0.25) is 19.1 Å². The average molecular weight is 377 g/mol. The smallest absolute Gasteiger partial charge is 0.272 e. The zero-order chi connectivity index (χ0) is 20.4. The van der Waals surface area contributed by atoms with Crippen molar-refractivity contribution in [3.05, 3.63) is 17.5 Å². The molecule has 1 aliphatic rings. The van der Waals surface area contributed by atoms with Gasteiger partial charge >= 0.3 is 0 Å². The van der Waals surface area contributed by atoms with Gasteiger partial charge in [0.15, 0.2) is 5.69 Å². The van der Waals surface area contributed by atoms with E-state index >= 15 is 0 Å². The number of fused-ring (bicyclic) bond motifs is 1. The number of carbonyl (C=O) groups is 3. The highest BCUT2D eigenvalue weighted by atomic mass is 16.2. The highest BCUT2D eigenvalue weighted by Gasteiger charge is 2.46. The molecule has 2 N–H and O–H groups in total. The second-order valence-corrected chi connectivity index (χ2v) is 7.93. The Kier molecular flexibility index (Phi) is 6.28. The van der Waals surface area contributed by atoms with E-state index < -0.39 is 5.54 Å². The van der Waals surface area contributed by atoms with Crippen molar-refractivity contribution >= 4 is 17.7 Å². The number of nitrogens with one attached hydrogen (secondary N) is 2. The molecule has 0 spiro atoms. The third-order valence-electron chi connectivity index (χ3n) is 5.22. The molecule has 1 aromatic heterocycles. The summed E-state index contributed by atoms with van der Waals surface area (Å²) in [6.45, 7) is 10.5. The van der Waals surface area contributed by atoms with E-state index in [9.17, 15) is 14.4 Å². The fourth-order valence-electron chi connectivity index (χ4n) is 2.90. The number of hydrogen-bond donors (Lipinski definition) is 2. The number of aromatic nitrogens is 2. The van der Waals surface area contributed by atoms with Crippen molar-refractivity contribution < 1.29 is 14.4 Å². The Morgan fingerprint density at radius 2 is 2.00 bits per heavy atom. The van der Waals surface area contributed by atoms with Gasteiger partial charge < -0.3 is 15.5 Å². The molecule has 1 aliphatic heterocycles. The second-order valence-electron chi connectivity index (χ2n) is 7.93. The molecule has 2 rings (SSSR count). The zero-order valence-electron chi connectivity index (χ0n) is 17.1. The molecule has 2 atom stereocenters. The molecule has 2 heterocycles. The van der Waals surface area contributed by atoms with Gasteiger partial charge in [-0.05, 0) is 32.6 Å². The first kappa shape index (κ1) is 20.9. The molecule has 0 radical (unpaired) electrons. The molecule has 8 nitrogen and oxygen atoms in total. The molecule has 0 unspecified atom stereocenters. The SMILES string of the molecule is CC[C@H](C)NC(=O)c1cc2n(n1)C[C@](C)(C(=O)NCCC(C)C)N(C)C2=O. The fourth-order valence-corrected chi connectivity index (χ4v) is 2.90. The van der Waals surface area contributed by atoms with Crippen LogP contribution in [-0.4, -0.2) is 57.6 Å². The van der Waals surface area contributed by atoms with E-state index in [-0.39, 0.29) is 36.0 Å². The van der Waals surface area contributed by atoms with Crippen LogP contribution < -0.4 is 10.6 Å². The van der Waals surface area contributed by atoms with E-state index in [1.54, 1.807) is 14.0 Å². The number of nitrogens with zero attached hydrogens (tertiary/aromatic N) is 3. The Labute approximate surface area is 160 Å². The van der Waals surface area contributed by atoms with Crippen LogP contribution in [0.3, 0.4) is 0 Å². The van der Waals surface area contributed by atoms with Crippen LogP contribution in [0.25, 0.3) is 0 Å². The van der Waals surface area contributed by atoms with Crippen LogP contribution in [0, 0.1) is 5.92 Å². The number of likely N-dealkylation sites (N-methyl/N-ethyl adjacent to an activating group) is 1. The Bertz CT molecular complexity index is 727. The molecule has 0 saturated heterocycles. The first-order valence-corrected chi connectivity index (χ1v) is 9.55. The number of rotatable bonds is 7. The number of hydrogen-bond acceptors (Lipinski definition) is 4. The van der Waals surface area contributed by atoms with Crippen LogP contribution >= 0.6 is 0 Å². The normalized spacial score (nSPS) is 20.4. The summed E-state index contributed by atoms with van der Waals surface area (Å²) in [7, 11) is 1.61. The van der Waals surface area contributed by atoms with Crippen molar-refractivity contribution in [1.82, 2.24) is 25.3 Å². The molecule has 150 valence electrons. The van der Waals surface area contributed by atoms with E-state index in [0.717, 1.165) is 12.8 Å². The van der Waals surface area contributed by atoms with E-state index in [1.807, 2.05) is 13.8 Å². The molecule has 1 aromatic rings. The van der Waals surface area contributed by atoms with Crippen molar-refractivity contribution in [3.8, 4) is 0 Å². The predicted molar refractivity (Wildman–Crippen MR) is 102 cm³/mol. The van der Waals surface area contributed by atoms with E-state index in [0.29, 0.717) is 18.2 Å². The molecule has 0 aromatic carbocycles. The van der Waals surface area contributed by atoms with Gasteiger partial charge in [-0.2, -0.15) is 5.10 Å². The average Bonchev–Trinajstić information content (AvgIpc) is 3.03. The highest BCUT2D eigenvalue weighted by Crippen LogP contribution is 2.26. The Morgan fingerprint density at radius 3 is 2.59 bits per heavy atom. The van der Waals surface area contributed by atoms with Gasteiger partial charge in [0.05, 0.1) is 6.54 Å². The van der Waals surface area contributed by atoms with Crippen LogP contribution in [0.4, 0.5) is 0 Å². The Morgan fingerprint density at radius 1 is 1.33 bits per heavy atom. The van der Waals surface area contributed by atoms with Crippen molar-refractivity contribution in [1.29, 1.82) is 0 Å². The lowest BCUT2D eigenvalue weighted by atomic mass is 9.95. The highest BCUT2D eigenvalue weighted by molar-refractivity contribution is 6.01. The first-order valence-electron chi connectivity index (χ1n) is 9.55. The van der Waals surface area contributed by atoms with E-state index in [1.165, 1.54) is 15.6 Å². The third kappa shape index (κ3) is 4.31. The van der Waals surface area contributed by atoms with E-state index in [2.05, 4.69) is 29.6 Å². The molecular formula is C19H31N5O3. The summed E-state index contributed by atoms with van der Waals surface area (Å²) < 4.78 is 1.47. The first-order chi connectivity index (χ1) is 12.6. The summed E-state index contributed by atoms with van der Waals surface area (Å²) in [5.74, 6) is -0.374. The lowest BCUT2D eigenvalue weighted by Crippen LogP contribution is -2.62. The van der Waals surface area contributed by atoms with Crippen LogP contribution in [0.2, 0.25) is 0 Å². The summed E-state index contributed by atoms with van der Waals surface area (Å²) in [6, 6.07) is 1.51. The van der Waals surface area contributed by atoms with Crippen molar-refractivity contribution in [2.75, 3.05) is 13.6 Å². The molecule has 3 amide bonds. The predicted octanol–water partition coefficient (Wildman–Crippen LogP) is 1.42. The Balaban J connectivity index is 2.21. The van der Waals surface area contributed by atoms with Crippen molar-refractivity contribution in [2.45, 2.75) is 65.6 Å². The number of carbonyl (C=O) groups excluding carboxylic acids is 3. The summed E-state index contributed by atoms with van der Waals surface area (Å²) in [6.07, 6.45) is 1.67. The summed E-state index contributed by atoms with van der Waals surface area (Å²) in [5, 5.41) is 10.0. The van der Waals surface area contributed by atoms with Crippen LogP contribution in [0.1, 0.15) is 68.4 Å². The minimum Gasteiger partial charge on any atom is -0.354 e. The van der Waals surface area contributed by atoms with Crippen molar-refractivity contribution in [3.63, 3.8) is 0 Å². The van der Waals surface area contributed by atoms with Crippen LogP contribution in [0.15, 0.2) is 6.07 Å². The maximum absolute atomic E-state index is 12.8. The summed E-state index contributed by atoms with van der Waals surface area (Å²) in [5.41, 5.74) is -0.548. The van der Waals surface area contributed by atoms with Gasteiger partial charge in [-0.15, -0.1) is 0 Å². The van der Waals surface area contributed by atoms with Gasteiger partial charge in [0.2, 0.25) is 5.91 Å². The minimum atomic E-state index is -1.06. The monoisotopic (exact) mass is 377 g/mol. The molecular weight excluding hydrogens is 346 g/mol. The molecule has 0 bridgehead atoms. The second kappa shape index (κ2) is 8.10. The fraction of sp³-hybridized carbons (Fsp3) is 0.684. The van der Waals surface area contributed by atoms with E-state index in [4.69, 9.17) is 0 Å². The quantitative estimate of drug-likeness (QED) is 0.751. The molecule has 0 saturated carbocycles. The Hall–Kier alpha value is -2.38. The van der Waals surface area contributed by atoms with Gasteiger partial charge in [-0.1, -0.05) is 20.8 Å². The number of amides is 3. The lowest BCUT2D eigenvalue weighted by molar-refractivity contribution is -0.132. The maximum atomic E-state index is 12.8. The van der Waals surface area contributed by atoms with Crippen LogP contribution in [0.5, 0.6) is 0 Å². The van der Waals surface area contributed by atoms with Crippen LogP contribution in [-0.2, 0) is 11.3 Å². The third-order valence-corrected chi connectivity index (χ3v) is 5.22. The molecule has 0 fully saturated rings. The molecule has 27 heavy (non-hydrogen) atoms. The maximum Gasteiger partial charge on any atom is 0.272 e.